The molecule has 0 heterocycles. The molecule has 174 valence electrons. The average Bonchev–Trinajstić information content (AvgIpc) is 2.76. The lowest BCUT2D eigenvalue weighted by Crippen LogP contribution is -2.34. The van der Waals surface area contributed by atoms with E-state index in [4.69, 9.17) is 5.73 Å². The normalized spacial score (nSPS) is 20.1. The fourth-order valence-electron chi connectivity index (χ4n) is 3.47. The average molecular weight is 434 g/mol. The van der Waals surface area contributed by atoms with Crippen LogP contribution in [-0.2, 0) is 0 Å². The van der Waals surface area contributed by atoms with E-state index in [0.29, 0.717) is 11.1 Å². The molecule has 1 atom stereocenters. The van der Waals surface area contributed by atoms with E-state index < -0.39 is 12.0 Å². The number of alkyl halides is 2. The number of Topliss-reactive ketones (excluding diaryl/α,β-unsaturated/α-hetero) is 1. The van der Waals surface area contributed by atoms with Crippen LogP contribution in [0.2, 0.25) is 0 Å². The van der Waals surface area contributed by atoms with Gasteiger partial charge in [0, 0.05) is 5.56 Å². The number of hydrogen-bond acceptors (Lipinski definition) is 2. The predicted molar refractivity (Wildman–Crippen MR) is 130 cm³/mol. The van der Waals surface area contributed by atoms with Gasteiger partial charge in [0.25, 0.3) is 0 Å². The van der Waals surface area contributed by atoms with Crippen molar-refractivity contribution >= 4 is 5.78 Å². The topological polar surface area (TPSA) is 43.1 Å². The molecule has 1 unspecified atom stereocenters. The van der Waals surface area contributed by atoms with Gasteiger partial charge in [0.05, 0.1) is 5.92 Å². The lowest BCUT2D eigenvalue weighted by molar-refractivity contribution is -0.0156. The Morgan fingerprint density at radius 1 is 1.16 bits per heavy atom. The van der Waals surface area contributed by atoms with Crippen molar-refractivity contribution in [3.05, 3.63) is 71.8 Å². The van der Waals surface area contributed by atoms with Gasteiger partial charge in [-0.15, -0.1) is 0 Å². The summed E-state index contributed by atoms with van der Waals surface area (Å²) in [6, 6.07) is 2.82. The van der Waals surface area contributed by atoms with Gasteiger partial charge in [-0.3, -0.25) is 10.5 Å². The van der Waals surface area contributed by atoms with Crippen LogP contribution in [0.3, 0.4) is 0 Å². The van der Waals surface area contributed by atoms with Gasteiger partial charge in [0.2, 0.25) is 0 Å². The maximum Gasteiger partial charge on any atom is 0.306 e. The van der Waals surface area contributed by atoms with Crippen molar-refractivity contribution in [2.24, 2.45) is 17.6 Å². The summed E-state index contributed by atoms with van der Waals surface area (Å²) >= 11 is 0. The Hall–Kier alpha value is -2.07. The molecular formula is C27H41F2NO. The zero-order valence-corrected chi connectivity index (χ0v) is 20.1. The molecule has 1 fully saturated rings. The molecule has 0 aliphatic heterocycles. The van der Waals surface area contributed by atoms with E-state index in [1.807, 2.05) is 26.0 Å². The first kappa shape index (κ1) is 28.9. The summed E-state index contributed by atoms with van der Waals surface area (Å²) in [5.41, 5.74) is 7.14. The fourth-order valence-corrected chi connectivity index (χ4v) is 3.47. The monoisotopic (exact) mass is 433 g/mol. The molecule has 1 aromatic rings. The molecule has 2 rings (SSSR count). The van der Waals surface area contributed by atoms with Crippen LogP contribution in [0.15, 0.2) is 60.7 Å². The Morgan fingerprint density at radius 3 is 2.06 bits per heavy atom. The highest BCUT2D eigenvalue weighted by molar-refractivity contribution is 5.94. The number of carbonyl (C=O) groups is 1. The summed E-state index contributed by atoms with van der Waals surface area (Å²) in [5.74, 6) is 0.590. The lowest BCUT2D eigenvalue weighted by Gasteiger charge is -2.27. The lowest BCUT2D eigenvalue weighted by atomic mass is 9.79. The first-order valence-electron chi connectivity index (χ1n) is 11.3. The van der Waals surface area contributed by atoms with E-state index in [0.717, 1.165) is 11.8 Å². The summed E-state index contributed by atoms with van der Waals surface area (Å²) in [5, 5.41) is 0. The van der Waals surface area contributed by atoms with Gasteiger partial charge in [-0.05, 0) is 49.7 Å². The van der Waals surface area contributed by atoms with Crippen LogP contribution in [0.1, 0.15) is 89.1 Å². The maximum atomic E-state index is 12.8. The minimum Gasteiger partial charge on any atom is -0.295 e. The first-order chi connectivity index (χ1) is 14.6. The third-order valence-corrected chi connectivity index (χ3v) is 5.64. The van der Waals surface area contributed by atoms with Crippen LogP contribution >= 0.6 is 0 Å². The SMILES string of the molecule is C=C/C=C\C(=C/C)C1CCC(C)CC1.CC.CC(=O)c1ccc(C(C)C(N)(F)F)cc1. The van der Waals surface area contributed by atoms with Crippen molar-refractivity contribution in [1.82, 2.24) is 0 Å². The molecule has 0 aromatic heterocycles. The molecular weight excluding hydrogens is 392 g/mol. The van der Waals surface area contributed by atoms with Crippen molar-refractivity contribution in [3.8, 4) is 0 Å². The molecule has 0 spiro atoms. The zero-order chi connectivity index (χ0) is 24.0. The number of nitrogens with two attached hydrogens (primary N) is 1. The molecule has 1 aromatic carbocycles. The van der Waals surface area contributed by atoms with E-state index >= 15 is 0 Å². The molecule has 1 saturated carbocycles. The Kier molecular flexibility index (Phi) is 13.9. The van der Waals surface area contributed by atoms with Gasteiger partial charge >= 0.3 is 6.05 Å². The predicted octanol–water partition coefficient (Wildman–Crippen LogP) is 8.07. The summed E-state index contributed by atoms with van der Waals surface area (Å²) in [6.45, 7) is 15.0. The van der Waals surface area contributed by atoms with Crippen LogP contribution in [0.5, 0.6) is 0 Å². The van der Waals surface area contributed by atoms with Crippen molar-refractivity contribution in [1.29, 1.82) is 0 Å². The van der Waals surface area contributed by atoms with Gasteiger partial charge in [0.1, 0.15) is 0 Å². The second-order valence-corrected chi connectivity index (χ2v) is 7.91. The summed E-state index contributed by atoms with van der Waals surface area (Å²) in [7, 11) is 0. The Morgan fingerprint density at radius 2 is 1.68 bits per heavy atom. The van der Waals surface area contributed by atoms with Gasteiger partial charge in [-0.1, -0.05) is 95.7 Å². The molecule has 1 aliphatic rings. The number of rotatable bonds is 6. The second kappa shape index (κ2) is 14.9. The molecule has 31 heavy (non-hydrogen) atoms. The Balaban J connectivity index is 0.000000539. The number of carbonyl (C=O) groups excluding carboxylic acids is 1. The summed E-state index contributed by atoms with van der Waals surface area (Å²) < 4.78 is 25.5. The zero-order valence-electron chi connectivity index (χ0n) is 20.1. The van der Waals surface area contributed by atoms with Gasteiger partial charge in [-0.2, -0.15) is 8.78 Å². The maximum absolute atomic E-state index is 12.8. The summed E-state index contributed by atoms with van der Waals surface area (Å²) in [6.07, 6.45) is 13.9. The first-order valence-corrected chi connectivity index (χ1v) is 11.3. The van der Waals surface area contributed by atoms with Crippen LogP contribution in [0.4, 0.5) is 8.78 Å². The minimum absolute atomic E-state index is 0.0892. The Bertz CT molecular complexity index is 706. The largest absolute Gasteiger partial charge is 0.306 e. The van der Waals surface area contributed by atoms with Crippen LogP contribution in [0.25, 0.3) is 0 Å². The Labute approximate surface area is 188 Å². The quantitative estimate of drug-likeness (QED) is 0.280. The highest BCUT2D eigenvalue weighted by Crippen LogP contribution is 2.33. The van der Waals surface area contributed by atoms with Gasteiger partial charge in [0.15, 0.2) is 5.78 Å². The molecule has 2 N–H and O–H groups in total. The molecule has 0 amide bonds. The fraction of sp³-hybridized carbons (Fsp3) is 0.519. The number of halogens is 2. The van der Waals surface area contributed by atoms with Crippen LogP contribution in [-0.4, -0.2) is 11.8 Å². The van der Waals surface area contributed by atoms with Crippen LogP contribution in [0, 0.1) is 11.8 Å². The standard InChI is InChI=1S/C14H22.C11H13F2NO.C2H6/c1-4-6-7-13(5-2)14-10-8-12(3)9-11-14;1-7(11(12,13)14)9-3-5-10(6-4-9)8(2)15;1-2/h4-7,12,14H,1,8-11H2,2-3H3;3-7H,14H2,1-2H3;1-2H3/b7-6-,13-5+;;. The number of hydrogen-bond donors (Lipinski definition) is 1. The third-order valence-electron chi connectivity index (χ3n) is 5.64. The second-order valence-electron chi connectivity index (χ2n) is 7.91. The van der Waals surface area contributed by atoms with Crippen molar-refractivity contribution in [2.75, 3.05) is 0 Å². The number of benzene rings is 1. The molecule has 4 heteroatoms. The van der Waals surface area contributed by atoms with E-state index in [2.05, 4.69) is 32.6 Å². The molecule has 1 aliphatic carbocycles. The number of ketones is 1. The van der Waals surface area contributed by atoms with E-state index in [1.54, 1.807) is 0 Å². The molecule has 0 saturated heterocycles. The van der Waals surface area contributed by atoms with E-state index in [-0.39, 0.29) is 5.78 Å². The summed E-state index contributed by atoms with van der Waals surface area (Å²) in [4.78, 5) is 11.0. The molecule has 2 nitrogen and oxygen atoms in total. The molecule has 0 radical (unpaired) electrons. The van der Waals surface area contributed by atoms with Crippen LogP contribution < -0.4 is 5.73 Å². The van der Waals surface area contributed by atoms with Crippen molar-refractivity contribution < 1.29 is 13.6 Å². The van der Waals surface area contributed by atoms with Crippen molar-refractivity contribution in [3.63, 3.8) is 0 Å². The third kappa shape index (κ3) is 10.7. The number of allylic oxidation sites excluding steroid dienone is 5. The van der Waals surface area contributed by atoms with Gasteiger partial charge < -0.3 is 0 Å². The van der Waals surface area contributed by atoms with Crippen molar-refractivity contribution in [2.45, 2.75) is 79.2 Å². The smallest absolute Gasteiger partial charge is 0.295 e. The molecule has 0 bridgehead atoms. The minimum atomic E-state index is -3.24. The van der Waals surface area contributed by atoms with E-state index in [1.165, 1.54) is 69.4 Å². The van der Waals surface area contributed by atoms with E-state index in [9.17, 15) is 13.6 Å². The van der Waals surface area contributed by atoms with Gasteiger partial charge in [-0.25, -0.2) is 0 Å². The highest BCUT2D eigenvalue weighted by atomic mass is 19.3. The highest BCUT2D eigenvalue weighted by Gasteiger charge is 2.32.